The number of fused-ring (bicyclic) bond motifs is 1. The fraction of sp³-hybridized carbons (Fsp3) is 0.400. The van der Waals surface area contributed by atoms with Gasteiger partial charge in [-0.25, -0.2) is 0 Å². The fourth-order valence-electron chi connectivity index (χ4n) is 6.73. The lowest BCUT2D eigenvalue weighted by molar-refractivity contribution is -0.118. The number of benzene rings is 2. The number of carbonyl (C=O) groups is 1. The largest absolute Gasteiger partial charge is 0.294 e. The van der Waals surface area contributed by atoms with Crippen molar-refractivity contribution in [3.63, 3.8) is 0 Å². The molecule has 0 aromatic heterocycles. The smallest absolute Gasteiger partial charge is 0.163 e. The van der Waals surface area contributed by atoms with Crippen LogP contribution in [0.1, 0.15) is 86.5 Å². The first kappa shape index (κ1) is 24.8. The molecule has 0 heterocycles. The van der Waals surface area contributed by atoms with Crippen LogP contribution >= 0.6 is 0 Å². The molecule has 2 aromatic rings. The Morgan fingerprint density at radius 3 is 2.47 bits per heavy atom. The zero-order chi connectivity index (χ0) is 25.1. The minimum Gasteiger partial charge on any atom is -0.294 e. The molecule has 1 nitrogen and oxygen atoms in total. The minimum atomic E-state index is -0.129. The highest BCUT2D eigenvalue weighted by Gasteiger charge is 2.36. The van der Waals surface area contributed by atoms with Crippen molar-refractivity contribution in [2.45, 2.75) is 77.0 Å². The Morgan fingerprint density at radius 1 is 0.972 bits per heavy atom. The summed E-state index contributed by atoms with van der Waals surface area (Å²) in [6.45, 7) is 8.90. The van der Waals surface area contributed by atoms with Crippen LogP contribution in [-0.4, -0.2) is 5.78 Å². The van der Waals surface area contributed by atoms with E-state index in [4.69, 9.17) is 0 Å². The molecular weight excluding hydrogens is 436 g/mol. The maximum Gasteiger partial charge on any atom is 0.163 e. The van der Waals surface area contributed by atoms with E-state index in [0.29, 0.717) is 0 Å². The van der Waals surface area contributed by atoms with Crippen LogP contribution in [0, 0.1) is 11.8 Å². The average Bonchev–Trinajstić information content (AvgIpc) is 2.90. The lowest BCUT2D eigenvalue weighted by Gasteiger charge is -2.35. The summed E-state index contributed by atoms with van der Waals surface area (Å²) in [6.07, 6.45) is 17.6. The van der Waals surface area contributed by atoms with E-state index < -0.39 is 0 Å². The molecule has 1 heteroatoms. The topological polar surface area (TPSA) is 17.1 Å². The summed E-state index contributed by atoms with van der Waals surface area (Å²) < 4.78 is 0. The van der Waals surface area contributed by atoms with E-state index in [0.717, 1.165) is 54.2 Å². The van der Waals surface area contributed by atoms with Crippen molar-refractivity contribution in [2.75, 3.05) is 0 Å². The lowest BCUT2D eigenvalue weighted by Crippen LogP contribution is -2.29. The van der Waals surface area contributed by atoms with Crippen molar-refractivity contribution < 1.29 is 4.79 Å². The van der Waals surface area contributed by atoms with Gasteiger partial charge < -0.3 is 0 Å². The molecule has 0 aliphatic heterocycles. The third kappa shape index (κ3) is 5.26. The Labute approximate surface area is 217 Å². The van der Waals surface area contributed by atoms with E-state index >= 15 is 0 Å². The average molecular weight is 477 g/mol. The Kier molecular flexibility index (Phi) is 7.56. The van der Waals surface area contributed by atoms with Crippen LogP contribution in [0.2, 0.25) is 0 Å². The second-order valence-corrected chi connectivity index (χ2v) is 11.3. The van der Waals surface area contributed by atoms with Gasteiger partial charge in [-0.05, 0) is 103 Å². The third-order valence-corrected chi connectivity index (χ3v) is 8.79. The first-order valence-corrected chi connectivity index (χ1v) is 14.0. The van der Waals surface area contributed by atoms with E-state index in [-0.39, 0.29) is 17.6 Å². The van der Waals surface area contributed by atoms with Gasteiger partial charge in [0.05, 0.1) is 5.92 Å². The summed E-state index contributed by atoms with van der Waals surface area (Å²) in [6, 6.07) is 18.0. The van der Waals surface area contributed by atoms with Gasteiger partial charge in [0.2, 0.25) is 0 Å². The van der Waals surface area contributed by atoms with Gasteiger partial charge in [0.25, 0.3) is 0 Å². The van der Waals surface area contributed by atoms with E-state index in [1.807, 2.05) is 6.08 Å². The fourth-order valence-corrected chi connectivity index (χ4v) is 6.73. The number of aryl methyl sites for hydroxylation is 1. The molecule has 0 N–H and O–H groups in total. The molecule has 3 aliphatic carbocycles. The number of ketones is 1. The van der Waals surface area contributed by atoms with Gasteiger partial charge in [-0.1, -0.05) is 98.7 Å². The Balaban J connectivity index is 1.37. The Bertz CT molecular complexity index is 1200. The molecule has 2 aromatic carbocycles. The Hall–Kier alpha value is -2.93. The van der Waals surface area contributed by atoms with Crippen LogP contribution in [-0.2, 0) is 17.6 Å². The van der Waals surface area contributed by atoms with Crippen molar-refractivity contribution in [2.24, 2.45) is 11.8 Å². The van der Waals surface area contributed by atoms with Gasteiger partial charge in [0, 0.05) is 0 Å². The second-order valence-electron chi connectivity index (χ2n) is 11.3. The summed E-state index contributed by atoms with van der Waals surface area (Å²) in [5.41, 5.74) is 8.92. The van der Waals surface area contributed by atoms with E-state index in [9.17, 15) is 4.79 Å². The molecule has 0 radical (unpaired) electrons. The molecule has 1 saturated carbocycles. The highest BCUT2D eigenvalue weighted by Crippen LogP contribution is 2.44. The Morgan fingerprint density at radius 2 is 1.72 bits per heavy atom. The molecular formula is C35H40O. The number of carbonyl (C=O) groups excluding carboxylic acids is 1. The van der Waals surface area contributed by atoms with E-state index in [1.54, 1.807) is 6.08 Å². The predicted molar refractivity (Wildman–Crippen MR) is 151 cm³/mol. The minimum absolute atomic E-state index is 0.129. The zero-order valence-electron chi connectivity index (χ0n) is 22.0. The molecule has 0 saturated heterocycles. The van der Waals surface area contributed by atoms with Gasteiger partial charge >= 0.3 is 0 Å². The second kappa shape index (κ2) is 11.0. The number of allylic oxidation sites excluding steroid dienone is 7. The quantitative estimate of drug-likeness (QED) is 0.421. The lowest BCUT2D eigenvalue weighted by atomic mass is 9.68. The van der Waals surface area contributed by atoms with Crippen molar-refractivity contribution in [3.05, 3.63) is 118 Å². The molecule has 0 amide bonds. The van der Waals surface area contributed by atoms with Gasteiger partial charge in [-0.3, -0.25) is 4.79 Å². The molecule has 0 bridgehead atoms. The van der Waals surface area contributed by atoms with Gasteiger partial charge in [-0.15, -0.1) is 0 Å². The molecule has 5 rings (SSSR count). The van der Waals surface area contributed by atoms with Crippen molar-refractivity contribution >= 4 is 5.78 Å². The number of hydrogen-bond donors (Lipinski definition) is 0. The summed E-state index contributed by atoms with van der Waals surface area (Å²) in [5, 5.41) is 0. The van der Waals surface area contributed by atoms with Crippen LogP contribution in [0.3, 0.4) is 0 Å². The van der Waals surface area contributed by atoms with E-state index in [1.165, 1.54) is 47.9 Å². The molecule has 0 spiro atoms. The standard InChI is InChI=1S/C35H40O/c1-4-27-20-21-34(36)35(32-11-7-9-30-8-5-6-10-31(30)32)33(27)23-25(3)22-26-14-18-29(19-15-26)28-16-12-24(2)13-17-28/h4-6,8,10,14-15,18-21,23-24,28,32,35H,3,7,9,11-13,16-17,22H2,1-2H3/b27-4-,33-23+. The first-order valence-electron chi connectivity index (χ1n) is 14.0. The third-order valence-electron chi connectivity index (χ3n) is 8.79. The van der Waals surface area contributed by atoms with Crippen LogP contribution in [0.15, 0.2) is 96.1 Å². The summed E-state index contributed by atoms with van der Waals surface area (Å²) >= 11 is 0. The van der Waals surface area contributed by atoms with Gasteiger partial charge in [0.15, 0.2) is 5.78 Å². The zero-order valence-corrected chi connectivity index (χ0v) is 22.0. The SMILES string of the molecule is C=C(/C=C1\C(=C/C)C=CC(=O)C1C1CCCc2ccccc21)Cc1ccc(C2CCC(C)CC2)cc1. The van der Waals surface area contributed by atoms with Crippen LogP contribution in [0.4, 0.5) is 0 Å². The highest BCUT2D eigenvalue weighted by molar-refractivity contribution is 5.98. The molecule has 36 heavy (non-hydrogen) atoms. The first-order chi connectivity index (χ1) is 17.5. The maximum atomic E-state index is 13.3. The van der Waals surface area contributed by atoms with Crippen molar-refractivity contribution in [1.29, 1.82) is 0 Å². The molecule has 1 fully saturated rings. The summed E-state index contributed by atoms with van der Waals surface area (Å²) in [7, 11) is 0. The highest BCUT2D eigenvalue weighted by atomic mass is 16.1. The van der Waals surface area contributed by atoms with Crippen LogP contribution < -0.4 is 0 Å². The normalized spacial score (nSPS) is 28.3. The van der Waals surface area contributed by atoms with Crippen LogP contribution in [0.25, 0.3) is 0 Å². The number of rotatable bonds is 5. The molecule has 3 aliphatic rings. The maximum absolute atomic E-state index is 13.3. The predicted octanol–water partition coefficient (Wildman–Crippen LogP) is 8.83. The summed E-state index contributed by atoms with van der Waals surface area (Å²) in [5.74, 6) is 1.94. The van der Waals surface area contributed by atoms with Crippen molar-refractivity contribution in [3.8, 4) is 0 Å². The molecule has 2 unspecified atom stereocenters. The number of hydrogen-bond acceptors (Lipinski definition) is 1. The van der Waals surface area contributed by atoms with Gasteiger partial charge in [0.1, 0.15) is 0 Å². The van der Waals surface area contributed by atoms with E-state index in [2.05, 4.69) is 81.1 Å². The summed E-state index contributed by atoms with van der Waals surface area (Å²) in [4.78, 5) is 13.3. The molecule has 186 valence electrons. The van der Waals surface area contributed by atoms with Crippen molar-refractivity contribution in [1.82, 2.24) is 0 Å². The monoisotopic (exact) mass is 476 g/mol. The van der Waals surface area contributed by atoms with Gasteiger partial charge in [-0.2, -0.15) is 0 Å². The molecule has 2 atom stereocenters. The van der Waals surface area contributed by atoms with Crippen LogP contribution in [0.5, 0.6) is 0 Å².